The fraction of sp³-hybridized carbons (Fsp3) is 0.500. The van der Waals surface area contributed by atoms with E-state index in [9.17, 15) is 0 Å². The van der Waals surface area contributed by atoms with Crippen LogP contribution in [0.15, 0.2) is 16.7 Å². The first-order valence-corrected chi connectivity index (χ1v) is 5.22. The van der Waals surface area contributed by atoms with Gasteiger partial charge in [-0.3, -0.25) is 0 Å². The summed E-state index contributed by atoms with van der Waals surface area (Å²) < 4.78 is 6.36. The number of nitrogens with zero attached hydrogens (tertiary/aromatic N) is 1. The van der Waals surface area contributed by atoms with Crippen molar-refractivity contribution in [3.63, 3.8) is 0 Å². The monoisotopic (exact) mass is 258 g/mol. The first-order valence-electron chi connectivity index (χ1n) is 4.43. The Labute approximate surface area is 92.8 Å². The Morgan fingerprint density at radius 3 is 2.64 bits per heavy atom. The number of rotatable bonds is 3. The molecule has 0 fully saturated rings. The summed E-state index contributed by atoms with van der Waals surface area (Å²) in [5.41, 5.74) is 6.35. The van der Waals surface area contributed by atoms with Crippen molar-refractivity contribution < 1.29 is 4.74 Å². The highest BCUT2D eigenvalue weighted by molar-refractivity contribution is 9.10. The molecule has 0 aliphatic carbocycles. The second-order valence-corrected chi connectivity index (χ2v) is 4.81. The molecule has 0 aliphatic rings. The van der Waals surface area contributed by atoms with E-state index in [1.807, 2.05) is 32.9 Å². The second-order valence-electron chi connectivity index (χ2n) is 3.99. The maximum atomic E-state index is 5.81. The van der Waals surface area contributed by atoms with Gasteiger partial charge in [0.25, 0.3) is 0 Å². The molecule has 0 saturated heterocycles. The highest BCUT2D eigenvalue weighted by atomic mass is 79.9. The maximum absolute atomic E-state index is 5.81. The molecule has 3 nitrogen and oxygen atoms in total. The van der Waals surface area contributed by atoms with Crippen LogP contribution in [0, 0.1) is 6.92 Å². The van der Waals surface area contributed by atoms with Crippen LogP contribution in [0.25, 0.3) is 0 Å². The molecule has 1 aromatic rings. The number of halogens is 1. The van der Waals surface area contributed by atoms with Crippen molar-refractivity contribution >= 4 is 15.9 Å². The molecular weight excluding hydrogens is 244 g/mol. The number of hydrogen-bond acceptors (Lipinski definition) is 3. The SMILES string of the molecule is Cc1nc(Br)ccc1OCC(C)(C)N. The summed E-state index contributed by atoms with van der Waals surface area (Å²) in [6.07, 6.45) is 0. The van der Waals surface area contributed by atoms with E-state index in [0.29, 0.717) is 6.61 Å². The summed E-state index contributed by atoms with van der Waals surface area (Å²) >= 11 is 3.30. The minimum Gasteiger partial charge on any atom is -0.490 e. The number of hydrogen-bond donors (Lipinski definition) is 1. The first-order chi connectivity index (χ1) is 6.38. The van der Waals surface area contributed by atoms with Gasteiger partial charge in [-0.1, -0.05) is 0 Å². The molecule has 1 heterocycles. The minimum atomic E-state index is -0.320. The van der Waals surface area contributed by atoms with E-state index in [4.69, 9.17) is 10.5 Å². The molecule has 0 spiro atoms. The van der Waals surface area contributed by atoms with E-state index in [-0.39, 0.29) is 5.54 Å². The Kier molecular flexibility index (Phi) is 3.50. The molecule has 1 aromatic heterocycles. The van der Waals surface area contributed by atoms with E-state index >= 15 is 0 Å². The standard InChI is InChI=1S/C10H15BrN2O/c1-7-8(4-5-9(11)13-7)14-6-10(2,3)12/h4-5H,6,12H2,1-3H3. The van der Waals surface area contributed by atoms with Crippen molar-refractivity contribution in [3.8, 4) is 5.75 Å². The Balaban J connectivity index is 2.68. The van der Waals surface area contributed by atoms with Crippen molar-refractivity contribution in [1.82, 2.24) is 4.98 Å². The Morgan fingerprint density at radius 1 is 1.50 bits per heavy atom. The van der Waals surface area contributed by atoms with E-state index in [1.54, 1.807) is 0 Å². The van der Waals surface area contributed by atoms with Crippen LogP contribution in [0.2, 0.25) is 0 Å². The average Bonchev–Trinajstić information content (AvgIpc) is 2.00. The lowest BCUT2D eigenvalue weighted by atomic mass is 10.1. The van der Waals surface area contributed by atoms with E-state index in [0.717, 1.165) is 16.0 Å². The number of ether oxygens (including phenoxy) is 1. The fourth-order valence-corrected chi connectivity index (χ4v) is 1.33. The molecule has 0 saturated carbocycles. The van der Waals surface area contributed by atoms with E-state index < -0.39 is 0 Å². The molecule has 0 aromatic carbocycles. The van der Waals surface area contributed by atoms with Crippen molar-refractivity contribution in [2.24, 2.45) is 5.73 Å². The lowest BCUT2D eigenvalue weighted by Crippen LogP contribution is -2.38. The van der Waals surface area contributed by atoms with Crippen molar-refractivity contribution in [1.29, 1.82) is 0 Å². The summed E-state index contributed by atoms with van der Waals surface area (Å²) in [5.74, 6) is 0.784. The summed E-state index contributed by atoms with van der Waals surface area (Å²) in [5, 5.41) is 0. The summed E-state index contributed by atoms with van der Waals surface area (Å²) in [4.78, 5) is 4.23. The van der Waals surface area contributed by atoms with Gasteiger partial charge in [-0.15, -0.1) is 0 Å². The van der Waals surface area contributed by atoms with Gasteiger partial charge in [0.1, 0.15) is 17.0 Å². The van der Waals surface area contributed by atoms with Crippen LogP contribution in [-0.2, 0) is 0 Å². The average molecular weight is 259 g/mol. The van der Waals surface area contributed by atoms with Gasteiger partial charge >= 0.3 is 0 Å². The van der Waals surface area contributed by atoms with Gasteiger partial charge in [-0.2, -0.15) is 0 Å². The molecule has 0 amide bonds. The number of aryl methyl sites for hydroxylation is 1. The van der Waals surface area contributed by atoms with Gasteiger partial charge in [0.05, 0.1) is 5.69 Å². The second kappa shape index (κ2) is 4.28. The van der Waals surface area contributed by atoms with Crippen molar-refractivity contribution in [2.75, 3.05) is 6.61 Å². The van der Waals surface area contributed by atoms with Crippen LogP contribution in [0.1, 0.15) is 19.5 Å². The third-order valence-electron chi connectivity index (χ3n) is 1.60. The molecule has 2 N–H and O–H groups in total. The van der Waals surface area contributed by atoms with E-state index in [1.165, 1.54) is 0 Å². The van der Waals surface area contributed by atoms with Crippen molar-refractivity contribution in [2.45, 2.75) is 26.3 Å². The smallest absolute Gasteiger partial charge is 0.140 e. The zero-order chi connectivity index (χ0) is 10.8. The third kappa shape index (κ3) is 3.64. The van der Waals surface area contributed by atoms with Gasteiger partial charge < -0.3 is 10.5 Å². The number of aromatic nitrogens is 1. The summed E-state index contributed by atoms with van der Waals surface area (Å²) in [6, 6.07) is 3.74. The Bertz CT molecular complexity index is 320. The molecule has 78 valence electrons. The molecule has 1 rings (SSSR count). The van der Waals surface area contributed by atoms with Crippen LogP contribution >= 0.6 is 15.9 Å². The first kappa shape index (κ1) is 11.5. The third-order valence-corrected chi connectivity index (χ3v) is 2.04. The normalized spacial score (nSPS) is 11.5. The topological polar surface area (TPSA) is 48.1 Å². The van der Waals surface area contributed by atoms with Crippen LogP contribution in [-0.4, -0.2) is 17.1 Å². The van der Waals surface area contributed by atoms with Crippen LogP contribution in [0.5, 0.6) is 5.75 Å². The van der Waals surface area contributed by atoms with Crippen LogP contribution in [0.3, 0.4) is 0 Å². The predicted octanol–water partition coefficient (Wildman–Crippen LogP) is 2.27. The van der Waals surface area contributed by atoms with E-state index in [2.05, 4.69) is 20.9 Å². The van der Waals surface area contributed by atoms with Gasteiger partial charge in [0.15, 0.2) is 0 Å². The number of pyridine rings is 1. The maximum Gasteiger partial charge on any atom is 0.140 e. The summed E-state index contributed by atoms with van der Waals surface area (Å²) in [6.45, 7) is 6.24. The Hall–Kier alpha value is -0.610. The molecule has 4 heteroatoms. The highest BCUT2D eigenvalue weighted by Crippen LogP contribution is 2.19. The largest absolute Gasteiger partial charge is 0.490 e. The lowest BCUT2D eigenvalue weighted by molar-refractivity contribution is 0.241. The van der Waals surface area contributed by atoms with Gasteiger partial charge in [-0.25, -0.2) is 4.98 Å². The number of nitrogens with two attached hydrogens (primary N) is 1. The van der Waals surface area contributed by atoms with Gasteiger partial charge in [-0.05, 0) is 48.8 Å². The molecular formula is C10H15BrN2O. The molecule has 14 heavy (non-hydrogen) atoms. The lowest BCUT2D eigenvalue weighted by Gasteiger charge is -2.19. The Morgan fingerprint density at radius 2 is 2.14 bits per heavy atom. The highest BCUT2D eigenvalue weighted by Gasteiger charge is 2.12. The van der Waals surface area contributed by atoms with Crippen LogP contribution in [0.4, 0.5) is 0 Å². The van der Waals surface area contributed by atoms with Gasteiger partial charge in [0, 0.05) is 5.54 Å². The quantitative estimate of drug-likeness (QED) is 0.847. The fourth-order valence-electron chi connectivity index (χ4n) is 0.934. The zero-order valence-corrected chi connectivity index (χ0v) is 10.3. The van der Waals surface area contributed by atoms with Crippen LogP contribution < -0.4 is 10.5 Å². The molecule has 0 aliphatic heterocycles. The van der Waals surface area contributed by atoms with Gasteiger partial charge in [0.2, 0.25) is 0 Å². The molecule has 0 radical (unpaired) electrons. The zero-order valence-electron chi connectivity index (χ0n) is 8.67. The summed E-state index contributed by atoms with van der Waals surface area (Å²) in [7, 11) is 0. The minimum absolute atomic E-state index is 0.320. The van der Waals surface area contributed by atoms with Crippen molar-refractivity contribution in [3.05, 3.63) is 22.4 Å². The molecule has 0 atom stereocenters. The predicted molar refractivity (Wildman–Crippen MR) is 60.4 cm³/mol. The molecule has 0 bridgehead atoms. The molecule has 0 unspecified atom stereocenters.